The number of para-hydroxylation sites is 1. The third-order valence-corrected chi connectivity index (χ3v) is 5.29. The average molecular weight is 427 g/mol. The minimum Gasteiger partial charge on any atom is -0.497 e. The van der Waals surface area contributed by atoms with Crippen molar-refractivity contribution < 1.29 is 9.53 Å². The van der Waals surface area contributed by atoms with Gasteiger partial charge in [-0.2, -0.15) is 5.10 Å². The normalized spacial score (nSPS) is 15.8. The fourth-order valence-corrected chi connectivity index (χ4v) is 3.65. The highest BCUT2D eigenvalue weighted by atomic mass is 35.5. The summed E-state index contributed by atoms with van der Waals surface area (Å²) in [5, 5.41) is 11.2. The topological polar surface area (TPSA) is 68.2 Å². The predicted octanol–water partition coefficient (Wildman–Crippen LogP) is 3.70. The molecule has 6 nitrogen and oxygen atoms in total. The molecule has 3 aromatic rings. The Labute approximate surface area is 183 Å². The number of hydrogen-bond donors (Lipinski definition) is 2. The summed E-state index contributed by atoms with van der Waals surface area (Å²) in [7, 11) is 1.64. The van der Waals surface area contributed by atoms with E-state index in [2.05, 4.69) is 10.6 Å². The minimum atomic E-state index is -0.0939. The van der Waals surface area contributed by atoms with Gasteiger partial charge in [0.1, 0.15) is 11.4 Å². The van der Waals surface area contributed by atoms with E-state index >= 15 is 0 Å². The largest absolute Gasteiger partial charge is 0.497 e. The molecule has 1 unspecified atom stereocenters. The molecule has 1 aromatic heterocycles. The highest BCUT2D eigenvalue weighted by Crippen LogP contribution is 2.26. The lowest BCUT2D eigenvalue weighted by Gasteiger charge is -2.22. The van der Waals surface area contributed by atoms with Gasteiger partial charge in [0.25, 0.3) is 5.91 Å². The summed E-state index contributed by atoms with van der Waals surface area (Å²) in [6, 6.07) is 17.4. The molecule has 2 aromatic carbocycles. The van der Waals surface area contributed by atoms with Crippen LogP contribution in [0.15, 0.2) is 60.8 Å². The van der Waals surface area contributed by atoms with Crippen molar-refractivity contribution in [3.8, 4) is 22.7 Å². The van der Waals surface area contributed by atoms with E-state index in [-0.39, 0.29) is 18.3 Å². The van der Waals surface area contributed by atoms with Crippen molar-refractivity contribution in [2.75, 3.05) is 26.7 Å². The number of nitrogens with one attached hydrogen (secondary N) is 2. The van der Waals surface area contributed by atoms with Crippen LogP contribution in [0.3, 0.4) is 0 Å². The van der Waals surface area contributed by atoms with Crippen molar-refractivity contribution in [1.82, 2.24) is 20.4 Å². The van der Waals surface area contributed by atoms with Crippen molar-refractivity contribution in [1.29, 1.82) is 0 Å². The Kier molecular flexibility index (Phi) is 7.49. The van der Waals surface area contributed by atoms with Gasteiger partial charge in [0.05, 0.1) is 18.4 Å². The maximum atomic E-state index is 13.0. The van der Waals surface area contributed by atoms with Gasteiger partial charge in [0.15, 0.2) is 0 Å². The molecule has 0 aliphatic carbocycles. The number of methoxy groups -OCH3 is 1. The molecule has 2 heterocycles. The molecular formula is C23H27ClN4O2. The number of benzene rings is 2. The number of aromatic nitrogens is 2. The molecule has 30 heavy (non-hydrogen) atoms. The second-order valence-corrected chi connectivity index (χ2v) is 7.32. The lowest BCUT2D eigenvalue weighted by atomic mass is 9.99. The molecular weight excluding hydrogens is 400 g/mol. The van der Waals surface area contributed by atoms with Gasteiger partial charge in [0, 0.05) is 18.3 Å². The Morgan fingerprint density at radius 2 is 1.97 bits per heavy atom. The summed E-state index contributed by atoms with van der Waals surface area (Å²) in [6.45, 7) is 2.69. The number of hydrogen-bond acceptors (Lipinski definition) is 4. The molecule has 1 atom stereocenters. The number of carbonyl (C=O) groups is 1. The van der Waals surface area contributed by atoms with Crippen LogP contribution < -0.4 is 15.4 Å². The van der Waals surface area contributed by atoms with E-state index in [0.717, 1.165) is 42.9 Å². The van der Waals surface area contributed by atoms with Crippen LogP contribution in [0.25, 0.3) is 16.9 Å². The van der Waals surface area contributed by atoms with Crippen molar-refractivity contribution in [2.45, 2.75) is 12.8 Å². The predicted molar refractivity (Wildman–Crippen MR) is 121 cm³/mol. The van der Waals surface area contributed by atoms with E-state index in [1.165, 1.54) is 0 Å². The van der Waals surface area contributed by atoms with Gasteiger partial charge < -0.3 is 15.4 Å². The van der Waals surface area contributed by atoms with Crippen LogP contribution in [0, 0.1) is 5.92 Å². The first-order valence-electron chi connectivity index (χ1n) is 10.0. The van der Waals surface area contributed by atoms with E-state index in [1.807, 2.05) is 60.8 Å². The highest BCUT2D eigenvalue weighted by Gasteiger charge is 2.20. The summed E-state index contributed by atoms with van der Waals surface area (Å²) in [4.78, 5) is 13.0. The number of piperidine rings is 1. The summed E-state index contributed by atoms with van der Waals surface area (Å²) in [6.07, 6.45) is 4.11. The van der Waals surface area contributed by atoms with E-state index < -0.39 is 0 Å². The fourth-order valence-electron chi connectivity index (χ4n) is 3.65. The maximum Gasteiger partial charge on any atom is 0.255 e. The number of ether oxygens (including phenoxy) is 1. The highest BCUT2D eigenvalue weighted by molar-refractivity contribution is 6.00. The van der Waals surface area contributed by atoms with Crippen molar-refractivity contribution >= 4 is 18.3 Å². The summed E-state index contributed by atoms with van der Waals surface area (Å²) < 4.78 is 7.01. The Morgan fingerprint density at radius 3 is 2.63 bits per heavy atom. The molecule has 0 spiro atoms. The zero-order valence-corrected chi connectivity index (χ0v) is 17.8. The smallest absolute Gasteiger partial charge is 0.255 e. The first kappa shape index (κ1) is 21.9. The maximum absolute atomic E-state index is 13.0. The summed E-state index contributed by atoms with van der Waals surface area (Å²) in [5.74, 6) is 1.15. The zero-order valence-electron chi connectivity index (χ0n) is 17.0. The summed E-state index contributed by atoms with van der Waals surface area (Å²) >= 11 is 0. The van der Waals surface area contributed by atoms with Gasteiger partial charge in [-0.25, -0.2) is 4.68 Å². The van der Waals surface area contributed by atoms with Crippen LogP contribution >= 0.6 is 12.4 Å². The van der Waals surface area contributed by atoms with E-state index in [0.29, 0.717) is 23.7 Å². The van der Waals surface area contributed by atoms with Crippen LogP contribution in [-0.2, 0) is 0 Å². The first-order chi connectivity index (χ1) is 14.2. The van der Waals surface area contributed by atoms with E-state index in [4.69, 9.17) is 9.84 Å². The van der Waals surface area contributed by atoms with E-state index in [9.17, 15) is 4.79 Å². The van der Waals surface area contributed by atoms with E-state index in [1.54, 1.807) is 11.8 Å². The average Bonchev–Trinajstić information content (AvgIpc) is 3.24. The molecule has 0 bridgehead atoms. The molecule has 1 fully saturated rings. The molecule has 1 aliphatic heterocycles. The number of nitrogens with zero attached hydrogens (tertiary/aromatic N) is 2. The molecule has 2 N–H and O–H groups in total. The lowest BCUT2D eigenvalue weighted by Crippen LogP contribution is -2.38. The van der Waals surface area contributed by atoms with Crippen molar-refractivity contribution in [3.05, 3.63) is 66.4 Å². The minimum absolute atomic E-state index is 0. The van der Waals surface area contributed by atoms with Crippen LogP contribution in [0.2, 0.25) is 0 Å². The third kappa shape index (κ3) is 5.01. The molecule has 158 valence electrons. The quantitative estimate of drug-likeness (QED) is 0.630. The number of rotatable bonds is 6. The lowest BCUT2D eigenvalue weighted by molar-refractivity contribution is 0.0945. The van der Waals surface area contributed by atoms with Gasteiger partial charge in [-0.05, 0) is 68.2 Å². The molecule has 0 radical (unpaired) electrons. The Morgan fingerprint density at radius 1 is 1.20 bits per heavy atom. The van der Waals surface area contributed by atoms with Crippen LogP contribution in [0.5, 0.6) is 5.75 Å². The Balaban J connectivity index is 0.00000256. The van der Waals surface area contributed by atoms with Gasteiger partial charge in [-0.15, -0.1) is 12.4 Å². The number of carbonyl (C=O) groups excluding carboxylic acids is 1. The standard InChI is InChI=1S/C23H26N4O2.ClH/c1-29-20-11-9-18(10-12-20)22-21(16-27(26-22)19-7-3-2-4-8-19)23(28)25-15-17-6-5-13-24-14-17;/h2-4,7-12,16-17,24H,5-6,13-15H2,1H3,(H,25,28);1H. The zero-order chi connectivity index (χ0) is 20.1. The van der Waals surface area contributed by atoms with Crippen molar-refractivity contribution in [2.24, 2.45) is 5.92 Å². The van der Waals surface area contributed by atoms with Crippen LogP contribution in [-0.4, -0.2) is 42.4 Å². The number of amides is 1. The molecule has 0 saturated carbocycles. The second kappa shape index (κ2) is 10.3. The van der Waals surface area contributed by atoms with Crippen LogP contribution in [0.4, 0.5) is 0 Å². The fraction of sp³-hybridized carbons (Fsp3) is 0.304. The van der Waals surface area contributed by atoms with Crippen LogP contribution in [0.1, 0.15) is 23.2 Å². The SMILES string of the molecule is COc1ccc(-c2nn(-c3ccccc3)cc2C(=O)NCC2CCCNC2)cc1.Cl. The summed E-state index contributed by atoms with van der Waals surface area (Å²) in [5.41, 5.74) is 3.03. The molecule has 1 saturated heterocycles. The van der Waals surface area contributed by atoms with Crippen molar-refractivity contribution in [3.63, 3.8) is 0 Å². The molecule has 1 amide bonds. The van der Waals surface area contributed by atoms with Gasteiger partial charge in [-0.1, -0.05) is 18.2 Å². The second-order valence-electron chi connectivity index (χ2n) is 7.32. The Hall–Kier alpha value is -2.83. The molecule has 7 heteroatoms. The van der Waals surface area contributed by atoms with Gasteiger partial charge >= 0.3 is 0 Å². The van der Waals surface area contributed by atoms with Gasteiger partial charge in [-0.3, -0.25) is 4.79 Å². The number of halogens is 1. The molecule has 1 aliphatic rings. The Bertz CT molecular complexity index is 951. The third-order valence-electron chi connectivity index (χ3n) is 5.29. The van der Waals surface area contributed by atoms with Gasteiger partial charge in [0.2, 0.25) is 0 Å². The first-order valence-corrected chi connectivity index (χ1v) is 10.0. The monoisotopic (exact) mass is 426 g/mol. The molecule has 4 rings (SSSR count).